The van der Waals surface area contributed by atoms with Gasteiger partial charge in [0.15, 0.2) is 5.79 Å². The van der Waals surface area contributed by atoms with Crippen LogP contribution < -0.4 is 10.6 Å². The number of ether oxygens (including phenoxy) is 2. The number of carbonyl (C=O) groups is 1. The number of alkyl halides is 3. The third-order valence-electron chi connectivity index (χ3n) is 6.54. The van der Waals surface area contributed by atoms with Crippen LogP contribution in [0.4, 0.5) is 13.2 Å². The van der Waals surface area contributed by atoms with Crippen LogP contribution in [0.25, 0.3) is 0 Å². The molecule has 0 spiro atoms. The number of rotatable bonds is 10. The molecule has 4 rings (SSSR count). The number of benzene rings is 3. The zero-order valence-corrected chi connectivity index (χ0v) is 21.4. The zero-order valence-electron chi connectivity index (χ0n) is 21.4. The molecular weight excluding hydrogens is 493 g/mol. The Hall–Kier alpha value is -3.20. The van der Waals surface area contributed by atoms with Gasteiger partial charge in [-0.3, -0.25) is 4.79 Å². The monoisotopic (exact) mass is 526 g/mol. The molecular formula is C30H33F3N2O3. The fourth-order valence-electron chi connectivity index (χ4n) is 4.82. The summed E-state index contributed by atoms with van der Waals surface area (Å²) in [5, 5.41) is 5.77. The number of halogens is 3. The van der Waals surface area contributed by atoms with Gasteiger partial charge in [0, 0.05) is 12.6 Å². The summed E-state index contributed by atoms with van der Waals surface area (Å²) in [6.07, 6.45) is -5.79. The summed E-state index contributed by atoms with van der Waals surface area (Å²) < 4.78 is 52.6. The van der Waals surface area contributed by atoms with Crippen molar-refractivity contribution in [2.45, 2.75) is 69.5 Å². The second-order valence-electron chi connectivity index (χ2n) is 9.99. The molecule has 8 heteroatoms. The first-order chi connectivity index (χ1) is 18.1. The van der Waals surface area contributed by atoms with E-state index in [9.17, 15) is 18.0 Å². The smallest absolute Gasteiger partial charge is 0.343 e. The lowest BCUT2D eigenvalue weighted by molar-refractivity contribution is -0.176. The molecule has 3 aromatic rings. The summed E-state index contributed by atoms with van der Waals surface area (Å²) in [5.74, 6) is -3.06. The van der Waals surface area contributed by atoms with Gasteiger partial charge in [0.05, 0.1) is 6.04 Å². The van der Waals surface area contributed by atoms with Crippen LogP contribution in [0.3, 0.4) is 0 Å². The first kappa shape index (κ1) is 27.8. The van der Waals surface area contributed by atoms with E-state index in [4.69, 9.17) is 9.47 Å². The molecule has 2 unspecified atom stereocenters. The summed E-state index contributed by atoms with van der Waals surface area (Å²) in [6, 6.07) is 27.5. The second-order valence-corrected chi connectivity index (χ2v) is 9.99. The lowest BCUT2D eigenvalue weighted by Crippen LogP contribution is -2.56. The van der Waals surface area contributed by atoms with E-state index in [1.807, 2.05) is 91.0 Å². The minimum Gasteiger partial charge on any atom is -0.343 e. The minimum absolute atomic E-state index is 0.153. The van der Waals surface area contributed by atoms with Gasteiger partial charge in [-0.15, -0.1) is 0 Å². The van der Waals surface area contributed by atoms with Gasteiger partial charge in [0.2, 0.25) is 0 Å². The molecule has 0 bridgehead atoms. The van der Waals surface area contributed by atoms with Gasteiger partial charge < -0.3 is 20.1 Å². The standard InChI is InChI=1S/C30H33F3N2O3/c1-29(2)37-26(24(18-21-12-6-3-7-13-21)34-20-23-16-10-5-11-17-23)27(38-29)25(35-28(36)30(31,32)33)19-22-14-8-4-9-15-22/h3-17,24-27,34H,18-20H2,1-2H3,(H,35,36)/t24-,25-,26?,27?/m1/s1. The lowest BCUT2D eigenvalue weighted by atomic mass is 9.91. The molecule has 202 valence electrons. The van der Waals surface area contributed by atoms with Crippen LogP contribution in [0.1, 0.15) is 30.5 Å². The maximum absolute atomic E-state index is 13.3. The minimum atomic E-state index is -5.02. The van der Waals surface area contributed by atoms with Crippen LogP contribution >= 0.6 is 0 Å². The third-order valence-corrected chi connectivity index (χ3v) is 6.54. The Kier molecular flexibility index (Phi) is 8.87. The molecule has 0 aliphatic carbocycles. The predicted octanol–water partition coefficient (Wildman–Crippen LogP) is 5.20. The Balaban J connectivity index is 1.66. The van der Waals surface area contributed by atoms with Crippen LogP contribution in [0.5, 0.6) is 0 Å². The fourth-order valence-corrected chi connectivity index (χ4v) is 4.82. The highest BCUT2D eigenvalue weighted by Crippen LogP contribution is 2.34. The highest BCUT2D eigenvalue weighted by molar-refractivity contribution is 5.82. The van der Waals surface area contributed by atoms with Gasteiger partial charge in [0.25, 0.3) is 0 Å². The number of hydrogen-bond acceptors (Lipinski definition) is 4. The molecule has 2 N–H and O–H groups in total. The predicted molar refractivity (Wildman–Crippen MR) is 139 cm³/mol. The van der Waals surface area contributed by atoms with Gasteiger partial charge in [-0.05, 0) is 43.4 Å². The SMILES string of the molecule is CC1(C)OC([C@@H](Cc2ccccc2)NCc2ccccc2)C([C@@H](Cc2ccccc2)NC(=O)C(F)(F)F)O1. The molecule has 1 fully saturated rings. The molecule has 38 heavy (non-hydrogen) atoms. The first-order valence-corrected chi connectivity index (χ1v) is 12.7. The van der Waals surface area contributed by atoms with Crippen LogP contribution in [0.15, 0.2) is 91.0 Å². The van der Waals surface area contributed by atoms with Crippen molar-refractivity contribution in [3.05, 3.63) is 108 Å². The fraction of sp³-hybridized carbons (Fsp3) is 0.367. The molecule has 1 aliphatic heterocycles. The van der Waals surface area contributed by atoms with Gasteiger partial charge in [0.1, 0.15) is 12.2 Å². The number of hydrogen-bond donors (Lipinski definition) is 2. The lowest BCUT2D eigenvalue weighted by Gasteiger charge is -2.33. The number of amides is 1. The summed E-state index contributed by atoms with van der Waals surface area (Å²) in [5.41, 5.74) is 2.89. The summed E-state index contributed by atoms with van der Waals surface area (Å²) >= 11 is 0. The van der Waals surface area contributed by atoms with E-state index < -0.39 is 36.1 Å². The van der Waals surface area contributed by atoms with E-state index >= 15 is 0 Å². The summed E-state index contributed by atoms with van der Waals surface area (Å²) in [6.45, 7) is 4.01. The van der Waals surface area contributed by atoms with E-state index in [1.165, 1.54) is 0 Å². The molecule has 5 nitrogen and oxygen atoms in total. The maximum atomic E-state index is 13.3. The average molecular weight is 527 g/mol. The molecule has 0 saturated carbocycles. The van der Waals surface area contributed by atoms with Gasteiger partial charge in [-0.1, -0.05) is 91.0 Å². The van der Waals surface area contributed by atoms with E-state index in [1.54, 1.807) is 13.8 Å². The van der Waals surface area contributed by atoms with E-state index in [-0.39, 0.29) is 12.5 Å². The topological polar surface area (TPSA) is 59.6 Å². The van der Waals surface area contributed by atoms with Crippen LogP contribution in [0, 0.1) is 0 Å². The highest BCUT2D eigenvalue weighted by Gasteiger charge is 2.50. The molecule has 1 aliphatic rings. The third kappa shape index (κ3) is 7.66. The second kappa shape index (κ2) is 12.1. The van der Waals surface area contributed by atoms with Crippen molar-refractivity contribution in [1.82, 2.24) is 10.6 Å². The molecule has 3 aromatic carbocycles. The van der Waals surface area contributed by atoms with Crippen molar-refractivity contribution in [3.8, 4) is 0 Å². The van der Waals surface area contributed by atoms with Gasteiger partial charge in [-0.2, -0.15) is 13.2 Å². The van der Waals surface area contributed by atoms with Gasteiger partial charge in [-0.25, -0.2) is 0 Å². The van der Waals surface area contributed by atoms with Crippen molar-refractivity contribution < 1.29 is 27.4 Å². The number of nitrogens with one attached hydrogen (secondary N) is 2. The largest absolute Gasteiger partial charge is 0.471 e. The first-order valence-electron chi connectivity index (χ1n) is 12.7. The van der Waals surface area contributed by atoms with Crippen molar-refractivity contribution in [1.29, 1.82) is 0 Å². The summed E-state index contributed by atoms with van der Waals surface area (Å²) in [4.78, 5) is 12.1. The Labute approximate surface area is 221 Å². The Morgan fingerprint density at radius 3 is 1.66 bits per heavy atom. The average Bonchev–Trinajstić information content (AvgIpc) is 3.22. The Morgan fingerprint density at radius 2 is 1.18 bits per heavy atom. The quantitative estimate of drug-likeness (QED) is 0.382. The van der Waals surface area contributed by atoms with Crippen LogP contribution in [-0.4, -0.2) is 42.2 Å². The van der Waals surface area contributed by atoms with Crippen molar-refractivity contribution in [2.24, 2.45) is 0 Å². The van der Waals surface area contributed by atoms with Crippen LogP contribution in [0.2, 0.25) is 0 Å². The summed E-state index contributed by atoms with van der Waals surface area (Å²) in [7, 11) is 0. The highest BCUT2D eigenvalue weighted by atomic mass is 19.4. The molecule has 4 atom stereocenters. The molecule has 0 aromatic heterocycles. The zero-order chi connectivity index (χ0) is 27.2. The Morgan fingerprint density at radius 1 is 0.763 bits per heavy atom. The number of carbonyl (C=O) groups excluding carboxylic acids is 1. The molecule has 1 saturated heterocycles. The molecule has 1 amide bonds. The van der Waals surface area contributed by atoms with Crippen molar-refractivity contribution >= 4 is 5.91 Å². The van der Waals surface area contributed by atoms with E-state index in [2.05, 4.69) is 10.6 Å². The van der Waals surface area contributed by atoms with E-state index in [0.29, 0.717) is 13.0 Å². The van der Waals surface area contributed by atoms with E-state index in [0.717, 1.165) is 16.7 Å². The normalized spacial score (nSPS) is 20.6. The van der Waals surface area contributed by atoms with Crippen molar-refractivity contribution in [3.63, 3.8) is 0 Å². The van der Waals surface area contributed by atoms with Crippen LogP contribution in [-0.2, 0) is 33.7 Å². The Bertz CT molecular complexity index is 1160. The molecule has 1 heterocycles. The van der Waals surface area contributed by atoms with Gasteiger partial charge >= 0.3 is 12.1 Å². The van der Waals surface area contributed by atoms with Crippen molar-refractivity contribution in [2.75, 3.05) is 0 Å². The maximum Gasteiger partial charge on any atom is 0.471 e. The molecule has 0 radical (unpaired) electrons.